The lowest BCUT2D eigenvalue weighted by molar-refractivity contribution is -0.122. The summed E-state index contributed by atoms with van der Waals surface area (Å²) in [4.78, 5) is 11.6. The largest absolute Gasteiger partial charge is 0.299 e. The number of rotatable bonds is 5. The normalized spacial score (nSPS) is 12.5. The first-order chi connectivity index (χ1) is 7.17. The minimum Gasteiger partial charge on any atom is -0.299 e. The maximum atomic E-state index is 11.6. The second-order valence-corrected chi connectivity index (χ2v) is 4.19. The average Bonchev–Trinajstić information content (AvgIpc) is 2.27. The first-order valence-electron chi connectivity index (χ1n) is 5.44. The van der Waals surface area contributed by atoms with Crippen molar-refractivity contribution in [2.45, 2.75) is 33.1 Å². The fraction of sp³-hybridized carbons (Fsp3) is 0.462. The van der Waals surface area contributed by atoms with Crippen LogP contribution in [0.25, 0.3) is 0 Å². The van der Waals surface area contributed by atoms with Gasteiger partial charge in [-0.05, 0) is 30.5 Å². The van der Waals surface area contributed by atoms with E-state index in [4.69, 9.17) is 11.6 Å². The molecule has 82 valence electrons. The van der Waals surface area contributed by atoms with Crippen LogP contribution in [0.1, 0.15) is 32.3 Å². The fourth-order valence-electron chi connectivity index (χ4n) is 1.68. The first-order valence-corrected chi connectivity index (χ1v) is 5.82. The van der Waals surface area contributed by atoms with Crippen LogP contribution in [-0.4, -0.2) is 5.78 Å². The quantitative estimate of drug-likeness (QED) is 0.742. The van der Waals surface area contributed by atoms with Crippen molar-refractivity contribution in [3.8, 4) is 0 Å². The van der Waals surface area contributed by atoms with Crippen LogP contribution < -0.4 is 0 Å². The Kier molecular flexibility index (Phi) is 4.83. The van der Waals surface area contributed by atoms with Crippen LogP contribution in [0, 0.1) is 5.92 Å². The number of halogens is 1. The lowest BCUT2D eigenvalue weighted by Gasteiger charge is -2.12. The number of hydrogen-bond acceptors (Lipinski definition) is 1. The van der Waals surface area contributed by atoms with E-state index >= 15 is 0 Å². The van der Waals surface area contributed by atoms with Crippen molar-refractivity contribution in [2.24, 2.45) is 5.92 Å². The monoisotopic (exact) mass is 224 g/mol. The molecule has 1 atom stereocenters. The molecule has 1 rings (SSSR count). The zero-order valence-corrected chi connectivity index (χ0v) is 10.1. The van der Waals surface area contributed by atoms with Gasteiger partial charge in [-0.25, -0.2) is 0 Å². The predicted octanol–water partition coefficient (Wildman–Crippen LogP) is 3.89. The van der Waals surface area contributed by atoms with Crippen molar-refractivity contribution in [1.82, 2.24) is 0 Å². The van der Waals surface area contributed by atoms with E-state index in [1.165, 1.54) is 5.56 Å². The minimum absolute atomic E-state index is 0.163. The standard InChI is InChI=1S/C13H17ClO/c1-3-11(13(15)4-2)9-10-5-7-12(14)8-6-10/h5-8,11H,3-4,9H2,1-2H3. The van der Waals surface area contributed by atoms with Crippen LogP contribution >= 0.6 is 11.6 Å². The van der Waals surface area contributed by atoms with Gasteiger partial charge in [0.25, 0.3) is 0 Å². The SMILES string of the molecule is CCC(=O)C(CC)Cc1ccc(Cl)cc1. The van der Waals surface area contributed by atoms with Gasteiger partial charge in [0.1, 0.15) is 5.78 Å². The number of carbonyl (C=O) groups is 1. The minimum atomic E-state index is 0.163. The molecule has 0 radical (unpaired) electrons. The van der Waals surface area contributed by atoms with Crippen LogP contribution in [0.2, 0.25) is 5.02 Å². The van der Waals surface area contributed by atoms with E-state index in [1.807, 2.05) is 31.2 Å². The van der Waals surface area contributed by atoms with Gasteiger partial charge in [0.05, 0.1) is 0 Å². The molecule has 15 heavy (non-hydrogen) atoms. The van der Waals surface area contributed by atoms with Gasteiger partial charge in [0, 0.05) is 17.4 Å². The van der Waals surface area contributed by atoms with Crippen molar-refractivity contribution < 1.29 is 4.79 Å². The van der Waals surface area contributed by atoms with E-state index in [-0.39, 0.29) is 5.92 Å². The highest BCUT2D eigenvalue weighted by Gasteiger charge is 2.14. The van der Waals surface area contributed by atoms with E-state index in [2.05, 4.69) is 6.92 Å². The van der Waals surface area contributed by atoms with Crippen LogP contribution in [0.4, 0.5) is 0 Å². The summed E-state index contributed by atoms with van der Waals surface area (Å²) in [6.45, 7) is 3.99. The maximum absolute atomic E-state index is 11.6. The summed E-state index contributed by atoms with van der Waals surface area (Å²) in [6, 6.07) is 7.74. The Bertz CT molecular complexity index is 316. The first kappa shape index (κ1) is 12.3. The molecule has 1 aromatic carbocycles. The van der Waals surface area contributed by atoms with Gasteiger partial charge in [-0.15, -0.1) is 0 Å². The smallest absolute Gasteiger partial charge is 0.136 e. The second-order valence-electron chi connectivity index (χ2n) is 3.76. The van der Waals surface area contributed by atoms with Crippen molar-refractivity contribution in [1.29, 1.82) is 0 Å². The Morgan fingerprint density at radius 2 is 1.87 bits per heavy atom. The zero-order chi connectivity index (χ0) is 11.3. The highest BCUT2D eigenvalue weighted by Crippen LogP contribution is 2.17. The van der Waals surface area contributed by atoms with E-state index in [9.17, 15) is 4.79 Å². The van der Waals surface area contributed by atoms with Crippen LogP contribution in [-0.2, 0) is 11.2 Å². The molecule has 0 heterocycles. The van der Waals surface area contributed by atoms with Crippen LogP contribution in [0.15, 0.2) is 24.3 Å². The second kappa shape index (κ2) is 5.92. The van der Waals surface area contributed by atoms with E-state index in [0.29, 0.717) is 12.2 Å². The van der Waals surface area contributed by atoms with Gasteiger partial charge < -0.3 is 0 Å². The van der Waals surface area contributed by atoms with Gasteiger partial charge in [-0.3, -0.25) is 4.79 Å². The summed E-state index contributed by atoms with van der Waals surface area (Å²) in [5.41, 5.74) is 1.19. The molecule has 0 spiro atoms. The molecule has 0 amide bonds. The Morgan fingerprint density at radius 1 is 1.27 bits per heavy atom. The Labute approximate surface area is 96.5 Å². The highest BCUT2D eigenvalue weighted by molar-refractivity contribution is 6.30. The van der Waals surface area contributed by atoms with Gasteiger partial charge in [0.15, 0.2) is 0 Å². The van der Waals surface area contributed by atoms with E-state index in [0.717, 1.165) is 17.9 Å². The Balaban J connectivity index is 2.66. The van der Waals surface area contributed by atoms with Crippen molar-refractivity contribution in [3.05, 3.63) is 34.9 Å². The number of carbonyl (C=O) groups excluding carboxylic acids is 1. The van der Waals surface area contributed by atoms with E-state index in [1.54, 1.807) is 0 Å². The molecule has 0 saturated heterocycles. The summed E-state index contributed by atoms with van der Waals surface area (Å²) in [7, 11) is 0. The van der Waals surface area contributed by atoms with Crippen LogP contribution in [0.3, 0.4) is 0 Å². The van der Waals surface area contributed by atoms with Gasteiger partial charge in [-0.1, -0.05) is 37.6 Å². The molecule has 0 aliphatic heterocycles. The molecule has 0 N–H and O–H groups in total. The maximum Gasteiger partial charge on any atom is 0.136 e. The molecule has 0 aliphatic carbocycles. The van der Waals surface area contributed by atoms with Crippen molar-refractivity contribution in [3.63, 3.8) is 0 Å². The van der Waals surface area contributed by atoms with Crippen molar-refractivity contribution >= 4 is 17.4 Å². The summed E-state index contributed by atoms with van der Waals surface area (Å²) in [6.07, 6.45) is 2.38. The molecule has 0 aromatic heterocycles. The summed E-state index contributed by atoms with van der Waals surface area (Å²) in [5.74, 6) is 0.517. The summed E-state index contributed by atoms with van der Waals surface area (Å²) < 4.78 is 0. The molecule has 0 aliphatic rings. The van der Waals surface area contributed by atoms with Gasteiger partial charge >= 0.3 is 0 Å². The Hall–Kier alpha value is -0.820. The van der Waals surface area contributed by atoms with Crippen LogP contribution in [0.5, 0.6) is 0 Å². The molecule has 0 saturated carbocycles. The average molecular weight is 225 g/mol. The summed E-state index contributed by atoms with van der Waals surface area (Å²) >= 11 is 5.80. The van der Waals surface area contributed by atoms with Gasteiger partial charge in [0.2, 0.25) is 0 Å². The predicted molar refractivity (Wildman–Crippen MR) is 64.2 cm³/mol. The highest BCUT2D eigenvalue weighted by atomic mass is 35.5. The number of hydrogen-bond donors (Lipinski definition) is 0. The molecular weight excluding hydrogens is 208 g/mol. The molecular formula is C13H17ClO. The van der Waals surface area contributed by atoms with Gasteiger partial charge in [-0.2, -0.15) is 0 Å². The van der Waals surface area contributed by atoms with Crippen molar-refractivity contribution in [2.75, 3.05) is 0 Å². The molecule has 0 fully saturated rings. The van der Waals surface area contributed by atoms with E-state index < -0.39 is 0 Å². The topological polar surface area (TPSA) is 17.1 Å². The molecule has 2 heteroatoms. The number of ketones is 1. The lowest BCUT2D eigenvalue weighted by atomic mass is 9.92. The third-order valence-corrected chi connectivity index (χ3v) is 2.94. The fourth-order valence-corrected chi connectivity index (χ4v) is 1.81. The number of benzene rings is 1. The summed E-state index contributed by atoms with van der Waals surface area (Å²) in [5, 5.41) is 0.744. The molecule has 1 nitrogen and oxygen atoms in total. The molecule has 1 unspecified atom stereocenters. The number of Topliss-reactive ketones (excluding diaryl/α,β-unsaturated/α-hetero) is 1. The molecule has 0 bridgehead atoms. The Morgan fingerprint density at radius 3 is 2.33 bits per heavy atom. The third-order valence-electron chi connectivity index (χ3n) is 2.69. The zero-order valence-electron chi connectivity index (χ0n) is 9.29. The molecule has 1 aromatic rings. The lowest BCUT2D eigenvalue weighted by Crippen LogP contribution is -2.15. The third kappa shape index (κ3) is 3.67.